The van der Waals surface area contributed by atoms with Crippen LogP contribution in [-0.4, -0.2) is 52.5 Å². The molecular weight excluding hydrogens is 406 g/mol. The number of amides is 2. The quantitative estimate of drug-likeness (QED) is 0.494. The van der Waals surface area contributed by atoms with Crippen LogP contribution in [0.15, 0.2) is 5.10 Å². The number of carbonyl (C=O) groups excluding carboxylic acids is 4. The number of hydrogen-bond acceptors (Lipinski definition) is 8. The van der Waals surface area contributed by atoms with Gasteiger partial charge in [-0.25, -0.2) is 19.8 Å². The summed E-state index contributed by atoms with van der Waals surface area (Å²) >= 11 is 0. The number of ether oxygens (including phenoxy) is 3. The smallest absolute Gasteiger partial charge is 0.408 e. The predicted octanol–water partition coefficient (Wildman–Crippen LogP) is 2.45. The van der Waals surface area contributed by atoms with Crippen LogP contribution in [0.4, 0.5) is 4.79 Å². The number of hydrazone groups is 1. The number of alkyl carbamates (subject to hydrolysis) is 1. The van der Waals surface area contributed by atoms with Crippen molar-refractivity contribution < 1.29 is 33.4 Å². The van der Waals surface area contributed by atoms with E-state index >= 15 is 0 Å². The highest BCUT2D eigenvalue weighted by Gasteiger charge is 2.37. The minimum Gasteiger partial charge on any atom is -0.458 e. The average Bonchev–Trinajstić information content (AvgIpc) is 2.50. The van der Waals surface area contributed by atoms with Crippen molar-refractivity contribution in [3.8, 4) is 0 Å². The standard InChI is InChI=1S/C21H35N3O7/c1-19(2,3)29-16(26)13(22-18(28)31-21(7,8)9)10-12-11-14(23-24-15(12)25)17(27)30-20(4,5)6/h12-13H,10-11H2,1-9H3,(H,22,28)(H,24,25)/t12-,13-/m0/s1. The second-order valence-electron chi connectivity index (χ2n) is 10.4. The van der Waals surface area contributed by atoms with Gasteiger partial charge >= 0.3 is 18.0 Å². The highest BCUT2D eigenvalue weighted by Crippen LogP contribution is 2.21. The van der Waals surface area contributed by atoms with Gasteiger partial charge < -0.3 is 19.5 Å². The molecule has 31 heavy (non-hydrogen) atoms. The Morgan fingerprint density at radius 2 is 1.48 bits per heavy atom. The van der Waals surface area contributed by atoms with Gasteiger partial charge in [-0.1, -0.05) is 0 Å². The fraction of sp³-hybridized carbons (Fsp3) is 0.762. The molecule has 0 bridgehead atoms. The molecule has 2 atom stereocenters. The molecule has 0 saturated heterocycles. The van der Waals surface area contributed by atoms with Crippen molar-refractivity contribution in [2.75, 3.05) is 0 Å². The molecule has 0 aliphatic carbocycles. The Morgan fingerprint density at radius 3 is 1.97 bits per heavy atom. The lowest BCUT2D eigenvalue weighted by molar-refractivity contribution is -0.158. The monoisotopic (exact) mass is 441 g/mol. The van der Waals surface area contributed by atoms with Crippen LogP contribution in [0.3, 0.4) is 0 Å². The highest BCUT2D eigenvalue weighted by atomic mass is 16.6. The third-order valence-corrected chi connectivity index (χ3v) is 3.65. The van der Waals surface area contributed by atoms with Gasteiger partial charge in [0.25, 0.3) is 0 Å². The van der Waals surface area contributed by atoms with Gasteiger partial charge in [0, 0.05) is 12.3 Å². The van der Waals surface area contributed by atoms with Gasteiger partial charge in [0.1, 0.15) is 28.6 Å². The molecule has 0 fully saturated rings. The number of rotatable bonds is 5. The lowest BCUT2D eigenvalue weighted by Gasteiger charge is -2.29. The van der Waals surface area contributed by atoms with Crippen molar-refractivity contribution in [1.29, 1.82) is 0 Å². The second kappa shape index (κ2) is 9.65. The van der Waals surface area contributed by atoms with E-state index in [9.17, 15) is 19.2 Å². The summed E-state index contributed by atoms with van der Waals surface area (Å²) in [6.07, 6.45) is -0.974. The zero-order chi connectivity index (χ0) is 24.2. The van der Waals surface area contributed by atoms with Crippen LogP contribution in [0.2, 0.25) is 0 Å². The zero-order valence-corrected chi connectivity index (χ0v) is 19.9. The summed E-state index contributed by atoms with van der Waals surface area (Å²) in [6.45, 7) is 15.3. The number of nitrogens with zero attached hydrogens (tertiary/aromatic N) is 1. The average molecular weight is 442 g/mol. The number of esters is 2. The normalized spacial score (nSPS) is 18.3. The van der Waals surface area contributed by atoms with Crippen molar-refractivity contribution in [2.45, 2.75) is 98.0 Å². The van der Waals surface area contributed by atoms with Crippen molar-refractivity contribution in [3.05, 3.63) is 0 Å². The molecule has 0 aromatic carbocycles. The topological polar surface area (TPSA) is 132 Å². The van der Waals surface area contributed by atoms with Crippen molar-refractivity contribution in [1.82, 2.24) is 10.7 Å². The lowest BCUT2D eigenvalue weighted by atomic mass is 9.92. The predicted molar refractivity (Wildman–Crippen MR) is 113 cm³/mol. The van der Waals surface area contributed by atoms with Crippen LogP contribution in [0.5, 0.6) is 0 Å². The van der Waals surface area contributed by atoms with Gasteiger partial charge in [0.2, 0.25) is 5.91 Å². The molecule has 10 nitrogen and oxygen atoms in total. The van der Waals surface area contributed by atoms with E-state index in [4.69, 9.17) is 14.2 Å². The molecule has 1 aliphatic heterocycles. The first-order valence-electron chi connectivity index (χ1n) is 10.2. The molecule has 0 unspecified atom stereocenters. The molecule has 0 spiro atoms. The van der Waals surface area contributed by atoms with Crippen LogP contribution in [0.25, 0.3) is 0 Å². The molecule has 176 valence electrons. The van der Waals surface area contributed by atoms with E-state index in [1.165, 1.54) is 0 Å². The first kappa shape index (κ1) is 26.4. The Hall–Kier alpha value is -2.65. The number of carbonyl (C=O) groups is 4. The Kier molecular flexibility index (Phi) is 8.22. The Labute approximate surface area is 183 Å². The van der Waals surface area contributed by atoms with E-state index in [1.807, 2.05) is 0 Å². The van der Waals surface area contributed by atoms with Crippen molar-refractivity contribution in [2.24, 2.45) is 11.0 Å². The summed E-state index contributed by atoms with van der Waals surface area (Å²) in [5.74, 6) is -2.67. The lowest BCUT2D eigenvalue weighted by Crippen LogP contribution is -2.49. The van der Waals surface area contributed by atoms with Gasteiger partial charge in [0.05, 0.1) is 0 Å². The molecule has 2 amide bonds. The molecule has 2 N–H and O–H groups in total. The third-order valence-electron chi connectivity index (χ3n) is 3.65. The summed E-state index contributed by atoms with van der Waals surface area (Å²) < 4.78 is 15.9. The fourth-order valence-corrected chi connectivity index (χ4v) is 2.56. The summed E-state index contributed by atoms with van der Waals surface area (Å²) in [5, 5.41) is 6.25. The number of hydrogen-bond donors (Lipinski definition) is 2. The van der Waals surface area contributed by atoms with Crippen molar-refractivity contribution in [3.63, 3.8) is 0 Å². The van der Waals surface area contributed by atoms with Crippen molar-refractivity contribution >= 4 is 29.7 Å². The summed E-state index contributed by atoms with van der Waals surface area (Å²) in [5.41, 5.74) is 0.00518. The van der Waals surface area contributed by atoms with Gasteiger partial charge in [-0.3, -0.25) is 4.79 Å². The summed E-state index contributed by atoms with van der Waals surface area (Å²) in [7, 11) is 0. The Bertz CT molecular complexity index is 740. The molecule has 0 aromatic rings. The molecule has 0 saturated carbocycles. The minimum absolute atomic E-state index is 0.0275. The van der Waals surface area contributed by atoms with Crippen LogP contribution in [-0.2, 0) is 28.6 Å². The van der Waals surface area contributed by atoms with E-state index in [1.54, 1.807) is 62.3 Å². The second-order valence-corrected chi connectivity index (χ2v) is 10.4. The van der Waals surface area contributed by atoms with Gasteiger partial charge in [-0.15, -0.1) is 0 Å². The first-order chi connectivity index (χ1) is 13.9. The van der Waals surface area contributed by atoms with Gasteiger partial charge in [-0.05, 0) is 68.7 Å². The largest absolute Gasteiger partial charge is 0.458 e. The Morgan fingerprint density at radius 1 is 0.968 bits per heavy atom. The molecule has 0 aromatic heterocycles. The molecule has 1 rings (SSSR count). The molecule has 0 radical (unpaired) electrons. The molecule has 10 heteroatoms. The number of nitrogens with one attached hydrogen (secondary N) is 2. The van der Waals surface area contributed by atoms with E-state index < -0.39 is 52.7 Å². The molecular formula is C21H35N3O7. The van der Waals surface area contributed by atoms with E-state index in [2.05, 4.69) is 15.8 Å². The highest BCUT2D eigenvalue weighted by molar-refractivity contribution is 6.37. The maximum Gasteiger partial charge on any atom is 0.408 e. The van der Waals surface area contributed by atoms with Crippen LogP contribution in [0, 0.1) is 5.92 Å². The molecule has 1 heterocycles. The van der Waals surface area contributed by atoms with Crippen LogP contribution < -0.4 is 10.7 Å². The van der Waals surface area contributed by atoms with Gasteiger partial charge in [0.15, 0.2) is 0 Å². The maximum atomic E-state index is 12.7. The van der Waals surface area contributed by atoms with Gasteiger partial charge in [-0.2, -0.15) is 5.10 Å². The molecule has 1 aliphatic rings. The van der Waals surface area contributed by atoms with E-state index in [0.717, 1.165) is 0 Å². The van der Waals surface area contributed by atoms with Crippen LogP contribution >= 0.6 is 0 Å². The maximum absolute atomic E-state index is 12.7. The van der Waals surface area contributed by atoms with Crippen LogP contribution in [0.1, 0.15) is 75.2 Å². The Balaban J connectivity index is 2.99. The third kappa shape index (κ3) is 10.3. The van der Waals surface area contributed by atoms with E-state index in [-0.39, 0.29) is 18.6 Å². The fourth-order valence-electron chi connectivity index (χ4n) is 2.56. The first-order valence-corrected chi connectivity index (χ1v) is 10.2. The minimum atomic E-state index is -1.16. The zero-order valence-electron chi connectivity index (χ0n) is 19.9. The SMILES string of the molecule is CC(C)(C)OC(=O)N[C@@H](C[C@H]1CC(C(=O)OC(C)(C)C)=NNC1=O)C(=O)OC(C)(C)C. The summed E-state index contributed by atoms with van der Waals surface area (Å²) in [4.78, 5) is 49.6. The summed E-state index contributed by atoms with van der Waals surface area (Å²) in [6, 6.07) is -1.16. The van der Waals surface area contributed by atoms with E-state index in [0.29, 0.717) is 0 Å².